The number of hydrogen-bond acceptors (Lipinski definition) is 6. The summed E-state index contributed by atoms with van der Waals surface area (Å²) in [6.07, 6.45) is 1.34. The molecule has 5 N–H and O–H groups in total. The Bertz CT molecular complexity index is 1750. The fourth-order valence-electron chi connectivity index (χ4n) is 5.98. The van der Waals surface area contributed by atoms with Crippen LogP contribution in [0.4, 0.5) is 11.4 Å². The summed E-state index contributed by atoms with van der Waals surface area (Å²) in [5.41, 5.74) is 8.16. The Hall–Kier alpha value is -4.42. The molecule has 11 nitrogen and oxygen atoms in total. The Morgan fingerprint density at radius 3 is 2.31 bits per heavy atom. The van der Waals surface area contributed by atoms with Gasteiger partial charge in [0.2, 0.25) is 17.7 Å². The Balaban J connectivity index is 1.47. The van der Waals surface area contributed by atoms with Gasteiger partial charge in [0.1, 0.15) is 17.9 Å². The molecule has 0 aliphatic carbocycles. The SMILES string of the molecule is Cc1cc(Cl)cc(C)c1S(=O)(=O)N1c2ccccc2NC(=O)C1CC(=O)NC(Cc1ccc(C(=N)N)cc1)C(=O)N1CCCC1. The molecule has 236 valence electrons. The van der Waals surface area contributed by atoms with E-state index in [1.807, 2.05) is 0 Å². The maximum atomic E-state index is 14.3. The number of nitrogens with one attached hydrogen (secondary N) is 3. The van der Waals surface area contributed by atoms with Crippen molar-refractivity contribution in [2.24, 2.45) is 5.73 Å². The van der Waals surface area contributed by atoms with Gasteiger partial charge in [0.15, 0.2) is 0 Å². The second-order valence-electron chi connectivity index (χ2n) is 11.4. The van der Waals surface area contributed by atoms with Gasteiger partial charge in [0.25, 0.3) is 10.0 Å². The second-order valence-corrected chi connectivity index (χ2v) is 13.6. The van der Waals surface area contributed by atoms with Gasteiger partial charge in [0.05, 0.1) is 22.7 Å². The number of fused-ring (bicyclic) bond motifs is 1. The van der Waals surface area contributed by atoms with Gasteiger partial charge in [-0.3, -0.25) is 24.1 Å². The van der Waals surface area contributed by atoms with Crippen molar-refractivity contribution in [2.75, 3.05) is 22.7 Å². The summed E-state index contributed by atoms with van der Waals surface area (Å²) in [7, 11) is -4.37. The minimum absolute atomic E-state index is 0.00194. The Labute approximate surface area is 267 Å². The first kappa shape index (κ1) is 32.0. The third-order valence-corrected chi connectivity index (χ3v) is 10.4. The predicted molar refractivity (Wildman–Crippen MR) is 173 cm³/mol. The van der Waals surface area contributed by atoms with Crippen LogP contribution in [0, 0.1) is 19.3 Å². The maximum Gasteiger partial charge on any atom is 0.265 e. The summed E-state index contributed by atoms with van der Waals surface area (Å²) in [4.78, 5) is 42.4. The molecule has 2 aliphatic rings. The zero-order valence-corrected chi connectivity index (χ0v) is 26.5. The number of aryl methyl sites for hydroxylation is 2. The van der Waals surface area contributed by atoms with E-state index >= 15 is 0 Å². The molecule has 3 aromatic rings. The summed E-state index contributed by atoms with van der Waals surface area (Å²) < 4.78 is 29.7. The van der Waals surface area contributed by atoms with Crippen LogP contribution in [-0.4, -0.2) is 62.0 Å². The third-order valence-electron chi connectivity index (χ3n) is 8.06. The first-order valence-corrected chi connectivity index (χ1v) is 16.4. The molecule has 2 unspecified atom stereocenters. The van der Waals surface area contributed by atoms with Gasteiger partial charge in [-0.15, -0.1) is 0 Å². The number of anilines is 2. The zero-order valence-electron chi connectivity index (χ0n) is 25.0. The third kappa shape index (κ3) is 6.66. The number of para-hydroxylation sites is 2. The van der Waals surface area contributed by atoms with Crippen molar-refractivity contribution in [3.05, 3.63) is 87.9 Å². The molecule has 5 rings (SSSR count). The Kier molecular flexibility index (Phi) is 9.17. The number of carbonyl (C=O) groups is 3. The summed E-state index contributed by atoms with van der Waals surface area (Å²) in [6, 6.07) is 14.0. The van der Waals surface area contributed by atoms with Crippen LogP contribution < -0.4 is 20.7 Å². The largest absolute Gasteiger partial charge is 0.384 e. The standard InChI is InChI=1S/C32H35ClN6O5S/c1-19-15-23(33)16-20(2)29(19)45(43,44)39-26-8-4-3-7-24(26)37-31(41)27(39)18-28(40)36-25(32(42)38-13-5-6-14-38)17-21-9-11-22(12-10-21)30(34)35/h3-4,7-12,15-16,25,27H,5-6,13-14,17-18H2,1-2H3,(H3,34,35)(H,36,40)(H,37,41). The highest BCUT2D eigenvalue weighted by Gasteiger charge is 2.43. The quantitative estimate of drug-likeness (QED) is 0.204. The molecule has 2 aliphatic heterocycles. The first-order valence-electron chi connectivity index (χ1n) is 14.6. The fraction of sp³-hybridized carbons (Fsp3) is 0.312. The van der Waals surface area contributed by atoms with E-state index in [2.05, 4.69) is 10.6 Å². The number of hydrogen-bond donors (Lipinski definition) is 4. The number of sulfonamides is 1. The van der Waals surface area contributed by atoms with Crippen molar-refractivity contribution in [1.82, 2.24) is 10.2 Å². The number of halogens is 1. The van der Waals surface area contributed by atoms with Crippen molar-refractivity contribution in [2.45, 2.75) is 56.5 Å². The van der Waals surface area contributed by atoms with Crippen molar-refractivity contribution in [3.63, 3.8) is 0 Å². The monoisotopic (exact) mass is 650 g/mol. The lowest BCUT2D eigenvalue weighted by atomic mass is 10.0. The molecule has 0 saturated carbocycles. The summed E-state index contributed by atoms with van der Waals surface area (Å²) >= 11 is 6.19. The van der Waals surface area contributed by atoms with E-state index in [0.29, 0.717) is 40.5 Å². The first-order chi connectivity index (χ1) is 21.4. The lowest BCUT2D eigenvalue weighted by molar-refractivity contribution is -0.135. The number of amides is 3. The van der Waals surface area contributed by atoms with Gasteiger partial charge >= 0.3 is 0 Å². The number of benzene rings is 3. The molecule has 3 aromatic carbocycles. The van der Waals surface area contributed by atoms with Gasteiger partial charge in [-0.1, -0.05) is 48.0 Å². The molecule has 0 radical (unpaired) electrons. The summed E-state index contributed by atoms with van der Waals surface area (Å²) in [6.45, 7) is 4.39. The van der Waals surface area contributed by atoms with Crippen molar-refractivity contribution >= 4 is 56.6 Å². The highest BCUT2D eigenvalue weighted by atomic mass is 35.5. The molecule has 0 aromatic heterocycles. The van der Waals surface area contributed by atoms with Gasteiger partial charge in [-0.05, 0) is 67.6 Å². The molecule has 1 saturated heterocycles. The number of nitrogens with zero attached hydrogens (tertiary/aromatic N) is 2. The molecule has 0 spiro atoms. The van der Waals surface area contributed by atoms with Crippen LogP contribution in [0.15, 0.2) is 65.6 Å². The molecule has 2 atom stereocenters. The minimum Gasteiger partial charge on any atom is -0.384 e. The normalized spacial score (nSPS) is 17.0. The fourth-order valence-corrected chi connectivity index (χ4v) is 8.36. The Morgan fingerprint density at radius 1 is 1.07 bits per heavy atom. The van der Waals surface area contributed by atoms with Crippen LogP contribution in [0.5, 0.6) is 0 Å². The van der Waals surface area contributed by atoms with E-state index in [4.69, 9.17) is 22.7 Å². The molecule has 45 heavy (non-hydrogen) atoms. The Morgan fingerprint density at radius 2 is 1.69 bits per heavy atom. The van der Waals surface area contributed by atoms with Crippen LogP contribution in [0.25, 0.3) is 0 Å². The van der Waals surface area contributed by atoms with Crippen molar-refractivity contribution in [1.29, 1.82) is 5.41 Å². The van der Waals surface area contributed by atoms with E-state index in [-0.39, 0.29) is 28.7 Å². The number of amidine groups is 1. The average Bonchev–Trinajstić information content (AvgIpc) is 3.51. The summed E-state index contributed by atoms with van der Waals surface area (Å²) in [5, 5.41) is 13.5. The summed E-state index contributed by atoms with van der Waals surface area (Å²) in [5.74, 6) is -1.67. The van der Waals surface area contributed by atoms with E-state index in [0.717, 1.165) is 22.7 Å². The van der Waals surface area contributed by atoms with Gasteiger partial charge in [-0.2, -0.15) is 0 Å². The molecular formula is C32H35ClN6O5S. The van der Waals surface area contributed by atoms with Crippen LogP contribution >= 0.6 is 11.6 Å². The smallest absolute Gasteiger partial charge is 0.265 e. The van der Waals surface area contributed by atoms with Crippen LogP contribution in [-0.2, 0) is 30.8 Å². The van der Waals surface area contributed by atoms with Crippen molar-refractivity contribution in [3.8, 4) is 0 Å². The molecule has 3 amide bonds. The molecule has 1 fully saturated rings. The highest BCUT2D eigenvalue weighted by Crippen LogP contribution is 2.39. The topological polar surface area (TPSA) is 166 Å². The minimum atomic E-state index is -4.37. The lowest BCUT2D eigenvalue weighted by Gasteiger charge is -2.37. The van der Waals surface area contributed by atoms with E-state index < -0.39 is 40.3 Å². The number of carbonyl (C=O) groups excluding carboxylic acids is 3. The number of rotatable bonds is 9. The van der Waals surface area contributed by atoms with Gasteiger partial charge in [0, 0.05) is 30.1 Å². The van der Waals surface area contributed by atoms with Crippen LogP contribution in [0.3, 0.4) is 0 Å². The number of nitrogen functional groups attached to an aromatic ring is 1. The van der Waals surface area contributed by atoms with Gasteiger partial charge in [-0.25, -0.2) is 8.42 Å². The highest BCUT2D eigenvalue weighted by molar-refractivity contribution is 7.93. The number of likely N-dealkylation sites (tertiary alicyclic amines) is 1. The van der Waals surface area contributed by atoms with E-state index in [1.165, 1.54) is 12.1 Å². The zero-order chi connectivity index (χ0) is 32.5. The van der Waals surface area contributed by atoms with Crippen LogP contribution in [0.1, 0.15) is 41.5 Å². The number of nitrogens with two attached hydrogens (primary N) is 1. The lowest BCUT2D eigenvalue weighted by Crippen LogP contribution is -2.55. The molecular weight excluding hydrogens is 616 g/mol. The van der Waals surface area contributed by atoms with E-state index in [9.17, 15) is 22.8 Å². The maximum absolute atomic E-state index is 14.3. The molecule has 2 heterocycles. The van der Waals surface area contributed by atoms with Crippen LogP contribution in [0.2, 0.25) is 5.02 Å². The average molecular weight is 651 g/mol. The predicted octanol–water partition coefficient (Wildman–Crippen LogP) is 3.50. The van der Waals surface area contributed by atoms with E-state index in [1.54, 1.807) is 67.3 Å². The molecule has 13 heteroatoms. The van der Waals surface area contributed by atoms with Gasteiger partial charge < -0.3 is 21.3 Å². The van der Waals surface area contributed by atoms with Crippen molar-refractivity contribution < 1.29 is 22.8 Å². The second kappa shape index (κ2) is 12.9. The molecule has 0 bridgehead atoms.